The third-order valence-corrected chi connectivity index (χ3v) is 3.47. The molecule has 28 heavy (non-hydrogen) atoms. The van der Waals surface area contributed by atoms with E-state index in [0.29, 0.717) is 10.3 Å². The first-order valence-electron chi connectivity index (χ1n) is 8.37. The van der Waals surface area contributed by atoms with E-state index >= 15 is 0 Å². The Morgan fingerprint density at radius 1 is 1.14 bits per heavy atom. The molecule has 11 heteroatoms. The Labute approximate surface area is 158 Å². The van der Waals surface area contributed by atoms with E-state index in [9.17, 15) is 24.0 Å². The van der Waals surface area contributed by atoms with Gasteiger partial charge in [0.25, 0.3) is 11.5 Å². The van der Waals surface area contributed by atoms with Crippen LogP contribution in [0.5, 0.6) is 0 Å². The molecule has 0 atom stereocenters. The Bertz CT molecular complexity index is 971. The second-order valence-corrected chi connectivity index (χ2v) is 5.40. The van der Waals surface area contributed by atoms with Gasteiger partial charge in [-0.15, -0.1) is 0 Å². The molecule has 0 unspecified atom stereocenters. The fraction of sp³-hybridized carbons (Fsp3) is 0.353. The van der Waals surface area contributed by atoms with Gasteiger partial charge in [0.2, 0.25) is 0 Å². The fourth-order valence-corrected chi connectivity index (χ4v) is 2.30. The number of hydrogen-bond acceptors (Lipinski definition) is 8. The average Bonchev–Trinajstić information content (AvgIpc) is 3.14. The molecule has 1 N–H and O–H groups in total. The molecule has 0 bridgehead atoms. The van der Waals surface area contributed by atoms with Crippen LogP contribution >= 0.6 is 0 Å². The van der Waals surface area contributed by atoms with Crippen molar-refractivity contribution in [2.24, 2.45) is 0 Å². The average molecular weight is 393 g/mol. The van der Waals surface area contributed by atoms with Crippen molar-refractivity contribution in [2.45, 2.75) is 26.9 Å². The molecule has 2 aromatic rings. The molecule has 2 heterocycles. The number of aromatic nitrogens is 2. The van der Waals surface area contributed by atoms with Crippen LogP contribution in [-0.4, -0.2) is 40.3 Å². The largest absolute Gasteiger partial charge is 0.467 e. The van der Waals surface area contributed by atoms with Crippen LogP contribution in [0, 0.1) is 0 Å². The van der Waals surface area contributed by atoms with E-state index in [2.05, 4.69) is 4.74 Å². The lowest BCUT2D eigenvalue weighted by molar-refractivity contribution is -0.143. The lowest BCUT2D eigenvalue weighted by Crippen LogP contribution is -2.46. The van der Waals surface area contributed by atoms with Crippen molar-refractivity contribution in [3.8, 4) is 0 Å². The first-order chi connectivity index (χ1) is 13.4. The summed E-state index contributed by atoms with van der Waals surface area (Å²) >= 11 is 0. The van der Waals surface area contributed by atoms with Gasteiger partial charge < -0.3 is 13.9 Å². The van der Waals surface area contributed by atoms with Gasteiger partial charge in [0.15, 0.2) is 0 Å². The normalized spacial score (nSPS) is 10.4. The van der Waals surface area contributed by atoms with Gasteiger partial charge in [0.05, 0.1) is 26.0 Å². The summed E-state index contributed by atoms with van der Waals surface area (Å²) in [5, 5.41) is 1.88. The highest BCUT2D eigenvalue weighted by molar-refractivity contribution is 6.02. The minimum absolute atomic E-state index is 0.0181. The van der Waals surface area contributed by atoms with Crippen LogP contribution in [0.4, 0.5) is 4.79 Å². The van der Waals surface area contributed by atoms with Crippen LogP contribution in [0.2, 0.25) is 0 Å². The zero-order valence-electron chi connectivity index (χ0n) is 15.3. The number of alkyl carbamates (subject to hydrolysis) is 1. The minimum Gasteiger partial charge on any atom is -0.467 e. The van der Waals surface area contributed by atoms with Crippen molar-refractivity contribution in [1.82, 2.24) is 14.5 Å². The summed E-state index contributed by atoms with van der Waals surface area (Å²) in [5.41, 5.74) is -2.42. The molecule has 2 rings (SSSR count). The van der Waals surface area contributed by atoms with Gasteiger partial charge in [0, 0.05) is 6.20 Å². The fourth-order valence-electron chi connectivity index (χ4n) is 2.30. The molecule has 0 aromatic carbocycles. The van der Waals surface area contributed by atoms with Crippen LogP contribution < -0.4 is 16.6 Å². The van der Waals surface area contributed by atoms with E-state index in [4.69, 9.17) is 9.15 Å². The molecule has 0 saturated heterocycles. The second-order valence-electron chi connectivity index (χ2n) is 5.40. The number of amides is 2. The summed E-state index contributed by atoms with van der Waals surface area (Å²) in [6.07, 6.45) is 1.33. The molecule has 0 aliphatic carbocycles. The van der Waals surface area contributed by atoms with Crippen molar-refractivity contribution in [2.75, 3.05) is 13.2 Å². The van der Waals surface area contributed by atoms with Crippen molar-refractivity contribution in [3.63, 3.8) is 0 Å². The molecule has 0 radical (unpaired) electrons. The van der Waals surface area contributed by atoms with Crippen molar-refractivity contribution < 1.29 is 28.3 Å². The highest BCUT2D eigenvalue weighted by Gasteiger charge is 2.21. The maximum absolute atomic E-state index is 12.6. The molecule has 0 spiro atoms. The van der Waals surface area contributed by atoms with Crippen molar-refractivity contribution >= 4 is 18.0 Å². The van der Waals surface area contributed by atoms with Gasteiger partial charge in [-0.05, 0) is 26.0 Å². The predicted molar refractivity (Wildman–Crippen MR) is 93.9 cm³/mol. The van der Waals surface area contributed by atoms with Crippen molar-refractivity contribution in [3.05, 3.63) is 56.8 Å². The van der Waals surface area contributed by atoms with Gasteiger partial charge in [-0.1, -0.05) is 0 Å². The maximum atomic E-state index is 12.6. The zero-order chi connectivity index (χ0) is 20.7. The molecular formula is C17H19N3O8. The summed E-state index contributed by atoms with van der Waals surface area (Å²) in [5.74, 6) is -1.52. The Morgan fingerprint density at radius 2 is 1.86 bits per heavy atom. The molecular weight excluding hydrogens is 374 g/mol. The quantitative estimate of drug-likeness (QED) is 0.654. The highest BCUT2D eigenvalue weighted by atomic mass is 16.5. The molecule has 0 saturated carbocycles. The van der Waals surface area contributed by atoms with Crippen LogP contribution in [0.1, 0.15) is 30.0 Å². The third-order valence-electron chi connectivity index (χ3n) is 3.47. The Balaban J connectivity index is 2.49. The Kier molecular flexibility index (Phi) is 6.90. The molecule has 0 fully saturated rings. The van der Waals surface area contributed by atoms with Crippen LogP contribution in [0.25, 0.3) is 0 Å². The lowest BCUT2D eigenvalue weighted by atomic mass is 10.3. The number of esters is 1. The molecule has 150 valence electrons. The summed E-state index contributed by atoms with van der Waals surface area (Å²) < 4.78 is 16.1. The van der Waals surface area contributed by atoms with E-state index < -0.39 is 41.3 Å². The number of nitrogens with zero attached hydrogens (tertiary/aromatic N) is 2. The Hall–Kier alpha value is -3.63. The van der Waals surface area contributed by atoms with Crippen molar-refractivity contribution in [1.29, 1.82) is 0 Å². The third kappa shape index (κ3) is 4.96. The second kappa shape index (κ2) is 9.35. The minimum atomic E-state index is -1.07. The van der Waals surface area contributed by atoms with E-state index in [-0.39, 0.29) is 19.8 Å². The lowest BCUT2D eigenvalue weighted by Gasteiger charge is -2.12. The van der Waals surface area contributed by atoms with Gasteiger partial charge >= 0.3 is 17.8 Å². The molecule has 2 aromatic heterocycles. The molecule has 11 nitrogen and oxygen atoms in total. The topological polar surface area (TPSA) is 139 Å². The number of furan rings is 1. The predicted octanol–water partition coefficient (Wildman–Crippen LogP) is 0.101. The van der Waals surface area contributed by atoms with E-state index in [1.165, 1.54) is 6.26 Å². The number of nitrogens with one attached hydrogen (secondary N) is 1. The summed E-state index contributed by atoms with van der Waals surface area (Å²) in [6, 6.07) is 3.19. The number of rotatable bonds is 7. The van der Waals surface area contributed by atoms with Gasteiger partial charge in [-0.25, -0.2) is 14.2 Å². The van der Waals surface area contributed by atoms with Gasteiger partial charge in [-0.3, -0.25) is 24.3 Å². The smallest absolute Gasteiger partial charge is 0.414 e. The highest BCUT2D eigenvalue weighted by Crippen LogP contribution is 2.02. The van der Waals surface area contributed by atoms with E-state index in [1.54, 1.807) is 26.0 Å². The molecule has 2 amide bonds. The summed E-state index contributed by atoms with van der Waals surface area (Å²) in [4.78, 5) is 60.7. The number of imide groups is 1. The summed E-state index contributed by atoms with van der Waals surface area (Å²) in [6.45, 7) is 2.39. The molecule has 0 aliphatic heterocycles. The molecule has 0 aliphatic rings. The number of carbonyl (C=O) groups excluding carboxylic acids is 3. The number of ether oxygens (including phenoxy) is 2. The maximum Gasteiger partial charge on any atom is 0.414 e. The monoisotopic (exact) mass is 393 g/mol. The first-order valence-corrected chi connectivity index (χ1v) is 8.37. The zero-order valence-corrected chi connectivity index (χ0v) is 15.3. The van der Waals surface area contributed by atoms with Gasteiger partial charge in [0.1, 0.15) is 17.9 Å². The van der Waals surface area contributed by atoms with Gasteiger partial charge in [-0.2, -0.15) is 0 Å². The van der Waals surface area contributed by atoms with Crippen LogP contribution in [-0.2, 0) is 27.4 Å². The first kappa shape index (κ1) is 20.7. The van der Waals surface area contributed by atoms with E-state index in [0.717, 1.165) is 10.8 Å². The summed E-state index contributed by atoms with van der Waals surface area (Å²) in [7, 11) is 0. The number of carbonyl (C=O) groups is 3. The van der Waals surface area contributed by atoms with Crippen LogP contribution in [0.15, 0.2) is 38.6 Å². The standard InChI is InChI=1S/C17H19N3O8/c1-3-26-13(21)10-20-15(23)12(14(22)18-16(24)27-4-2)9-19(17(20)25)8-11-6-5-7-28-11/h5-7,9H,3-4,8,10H2,1-2H3,(H,18,22,24). The van der Waals surface area contributed by atoms with Crippen LogP contribution in [0.3, 0.4) is 0 Å². The number of hydrogen-bond donors (Lipinski definition) is 1. The van der Waals surface area contributed by atoms with E-state index in [1.807, 2.05) is 5.32 Å². The Morgan fingerprint density at radius 3 is 2.46 bits per heavy atom. The SMILES string of the molecule is CCOC(=O)Cn1c(=O)c(C(=O)NC(=O)OCC)cn(Cc2ccco2)c1=O.